The van der Waals surface area contributed by atoms with Gasteiger partial charge in [-0.05, 0) is 24.6 Å². The summed E-state index contributed by atoms with van der Waals surface area (Å²) in [6.07, 6.45) is 8.72. The Bertz CT molecular complexity index is 772. The predicted molar refractivity (Wildman–Crippen MR) is 89.2 cm³/mol. The lowest BCUT2D eigenvalue weighted by Crippen LogP contribution is -2.29. The van der Waals surface area contributed by atoms with Gasteiger partial charge in [-0.3, -0.25) is 0 Å². The number of nitrogens with one attached hydrogen (secondary N) is 2. The average molecular weight is 342 g/mol. The van der Waals surface area contributed by atoms with E-state index in [1.807, 2.05) is 12.1 Å². The molecule has 0 fully saturated rings. The second-order valence-corrected chi connectivity index (χ2v) is 5.09. The standard InChI is InChI=1S/C16H18N6O3/c23-16(19-7-3-8-24-12-14-4-1-9-25-14)21-13-10-20-22(11-13)15-17-5-2-6-18-15/h1-2,4-6,9-11H,3,7-8,12H2,(H2,19,21,23). The summed E-state index contributed by atoms with van der Waals surface area (Å²) in [6, 6.07) is 5.08. The second kappa shape index (κ2) is 8.60. The first-order valence-corrected chi connectivity index (χ1v) is 7.78. The van der Waals surface area contributed by atoms with Crippen LogP contribution in [0, 0.1) is 0 Å². The number of carbonyl (C=O) groups is 1. The minimum atomic E-state index is -0.306. The van der Waals surface area contributed by atoms with Crippen LogP contribution in [0.5, 0.6) is 0 Å². The molecular weight excluding hydrogens is 324 g/mol. The van der Waals surface area contributed by atoms with E-state index in [4.69, 9.17) is 9.15 Å². The number of urea groups is 1. The number of amides is 2. The normalized spacial score (nSPS) is 10.6. The molecule has 0 bridgehead atoms. The van der Waals surface area contributed by atoms with Crippen LogP contribution >= 0.6 is 0 Å². The van der Waals surface area contributed by atoms with Crippen LogP contribution < -0.4 is 10.6 Å². The lowest BCUT2D eigenvalue weighted by atomic mass is 10.4. The summed E-state index contributed by atoms with van der Waals surface area (Å²) in [4.78, 5) is 20.0. The molecule has 130 valence electrons. The van der Waals surface area contributed by atoms with Crippen LogP contribution in [-0.2, 0) is 11.3 Å². The lowest BCUT2D eigenvalue weighted by Gasteiger charge is -2.06. The van der Waals surface area contributed by atoms with Crippen molar-refractivity contribution >= 4 is 11.7 Å². The van der Waals surface area contributed by atoms with Gasteiger partial charge in [-0.2, -0.15) is 5.10 Å². The summed E-state index contributed by atoms with van der Waals surface area (Å²) in [7, 11) is 0. The number of carbonyl (C=O) groups excluding carboxylic acids is 1. The lowest BCUT2D eigenvalue weighted by molar-refractivity contribution is 0.104. The smallest absolute Gasteiger partial charge is 0.319 e. The van der Waals surface area contributed by atoms with E-state index in [0.717, 1.165) is 5.76 Å². The van der Waals surface area contributed by atoms with E-state index in [9.17, 15) is 4.79 Å². The number of hydrogen-bond donors (Lipinski definition) is 2. The zero-order valence-corrected chi connectivity index (χ0v) is 13.5. The molecule has 3 aromatic heterocycles. The molecule has 0 aliphatic heterocycles. The molecule has 25 heavy (non-hydrogen) atoms. The van der Waals surface area contributed by atoms with Crippen LogP contribution in [0.15, 0.2) is 53.7 Å². The van der Waals surface area contributed by atoms with Crippen molar-refractivity contribution in [2.75, 3.05) is 18.5 Å². The van der Waals surface area contributed by atoms with E-state index in [1.165, 1.54) is 10.9 Å². The molecule has 9 nitrogen and oxygen atoms in total. The van der Waals surface area contributed by atoms with E-state index in [2.05, 4.69) is 25.7 Å². The van der Waals surface area contributed by atoms with E-state index in [-0.39, 0.29) is 6.03 Å². The highest BCUT2D eigenvalue weighted by Gasteiger charge is 2.06. The van der Waals surface area contributed by atoms with Gasteiger partial charge in [0.25, 0.3) is 0 Å². The van der Waals surface area contributed by atoms with Crippen molar-refractivity contribution < 1.29 is 13.9 Å². The van der Waals surface area contributed by atoms with Gasteiger partial charge < -0.3 is 19.8 Å². The van der Waals surface area contributed by atoms with Gasteiger partial charge in [0, 0.05) is 25.5 Å². The van der Waals surface area contributed by atoms with Crippen LogP contribution in [0.25, 0.3) is 5.95 Å². The topological polar surface area (TPSA) is 107 Å². The first kappa shape index (κ1) is 16.7. The molecule has 0 aliphatic carbocycles. The summed E-state index contributed by atoms with van der Waals surface area (Å²) in [6.45, 7) is 1.46. The summed E-state index contributed by atoms with van der Waals surface area (Å²) >= 11 is 0. The first-order valence-electron chi connectivity index (χ1n) is 7.78. The summed E-state index contributed by atoms with van der Waals surface area (Å²) in [5.41, 5.74) is 0.555. The maximum Gasteiger partial charge on any atom is 0.319 e. The van der Waals surface area contributed by atoms with Gasteiger partial charge in [0.1, 0.15) is 12.4 Å². The number of furan rings is 1. The third-order valence-corrected chi connectivity index (χ3v) is 3.17. The molecule has 0 aromatic carbocycles. The summed E-state index contributed by atoms with van der Waals surface area (Å²) in [5.74, 6) is 1.22. The monoisotopic (exact) mass is 342 g/mol. The molecule has 3 aromatic rings. The van der Waals surface area contributed by atoms with Crippen LogP contribution in [0.1, 0.15) is 12.2 Å². The Morgan fingerprint density at radius 3 is 2.96 bits per heavy atom. The maximum atomic E-state index is 11.8. The highest BCUT2D eigenvalue weighted by atomic mass is 16.5. The predicted octanol–water partition coefficient (Wildman–Crippen LogP) is 1.98. The Hall–Kier alpha value is -3.20. The number of rotatable bonds is 8. The number of ether oxygens (including phenoxy) is 1. The molecule has 3 rings (SSSR count). The zero-order chi connectivity index (χ0) is 17.3. The fraction of sp³-hybridized carbons (Fsp3) is 0.250. The third kappa shape index (κ3) is 5.15. The van der Waals surface area contributed by atoms with Gasteiger partial charge in [-0.1, -0.05) is 0 Å². The number of hydrogen-bond acceptors (Lipinski definition) is 6. The molecule has 0 atom stereocenters. The van der Waals surface area contributed by atoms with Crippen LogP contribution in [0.3, 0.4) is 0 Å². The molecule has 3 heterocycles. The van der Waals surface area contributed by atoms with E-state index in [0.29, 0.717) is 37.8 Å². The Kier molecular flexibility index (Phi) is 5.73. The Labute approximate surface area is 144 Å². The van der Waals surface area contributed by atoms with Crippen molar-refractivity contribution in [3.8, 4) is 5.95 Å². The van der Waals surface area contributed by atoms with E-state index >= 15 is 0 Å². The Morgan fingerprint density at radius 1 is 1.28 bits per heavy atom. The van der Waals surface area contributed by atoms with Crippen molar-refractivity contribution in [2.24, 2.45) is 0 Å². The van der Waals surface area contributed by atoms with Gasteiger partial charge in [0.2, 0.25) is 5.95 Å². The summed E-state index contributed by atoms with van der Waals surface area (Å²) in [5, 5.41) is 9.56. The minimum Gasteiger partial charge on any atom is -0.467 e. The number of aromatic nitrogens is 4. The molecule has 0 saturated heterocycles. The molecule has 2 amide bonds. The van der Waals surface area contributed by atoms with Crippen molar-refractivity contribution in [3.05, 3.63) is 55.0 Å². The van der Waals surface area contributed by atoms with Gasteiger partial charge in [0.15, 0.2) is 0 Å². The highest BCUT2D eigenvalue weighted by Crippen LogP contribution is 2.07. The molecule has 2 N–H and O–H groups in total. The van der Waals surface area contributed by atoms with Gasteiger partial charge >= 0.3 is 6.03 Å². The highest BCUT2D eigenvalue weighted by molar-refractivity contribution is 5.88. The van der Waals surface area contributed by atoms with Crippen LogP contribution in [-0.4, -0.2) is 38.9 Å². The fourth-order valence-corrected chi connectivity index (χ4v) is 2.03. The molecule has 0 radical (unpaired) electrons. The van der Waals surface area contributed by atoms with Crippen molar-refractivity contribution in [1.82, 2.24) is 25.1 Å². The molecule has 9 heteroatoms. The Balaban J connectivity index is 1.33. The second-order valence-electron chi connectivity index (χ2n) is 5.09. The minimum absolute atomic E-state index is 0.306. The van der Waals surface area contributed by atoms with Gasteiger partial charge in [-0.15, -0.1) is 0 Å². The average Bonchev–Trinajstić information content (AvgIpc) is 3.31. The largest absolute Gasteiger partial charge is 0.467 e. The molecule has 0 spiro atoms. The van der Waals surface area contributed by atoms with Crippen molar-refractivity contribution in [2.45, 2.75) is 13.0 Å². The van der Waals surface area contributed by atoms with Crippen molar-refractivity contribution in [3.63, 3.8) is 0 Å². The molecule has 0 unspecified atom stereocenters. The number of nitrogens with zero attached hydrogens (tertiary/aromatic N) is 4. The van der Waals surface area contributed by atoms with Gasteiger partial charge in [-0.25, -0.2) is 19.4 Å². The van der Waals surface area contributed by atoms with Crippen LogP contribution in [0.4, 0.5) is 10.5 Å². The first-order chi connectivity index (χ1) is 12.3. The third-order valence-electron chi connectivity index (χ3n) is 3.17. The van der Waals surface area contributed by atoms with Crippen molar-refractivity contribution in [1.29, 1.82) is 0 Å². The summed E-state index contributed by atoms with van der Waals surface area (Å²) < 4.78 is 12.1. The van der Waals surface area contributed by atoms with Gasteiger partial charge in [0.05, 0.1) is 24.3 Å². The molecule has 0 aliphatic rings. The quantitative estimate of drug-likeness (QED) is 0.606. The Morgan fingerprint density at radius 2 is 2.16 bits per heavy atom. The molecular formula is C16H18N6O3. The fourth-order valence-electron chi connectivity index (χ4n) is 2.03. The maximum absolute atomic E-state index is 11.8. The SMILES string of the molecule is O=C(NCCCOCc1ccco1)Nc1cnn(-c2ncccn2)c1. The van der Waals surface area contributed by atoms with E-state index in [1.54, 1.807) is 30.9 Å². The number of anilines is 1. The molecule has 0 saturated carbocycles. The van der Waals surface area contributed by atoms with Crippen LogP contribution in [0.2, 0.25) is 0 Å². The van der Waals surface area contributed by atoms with E-state index < -0.39 is 0 Å². The zero-order valence-electron chi connectivity index (χ0n) is 13.5.